The van der Waals surface area contributed by atoms with Crippen LogP contribution >= 0.6 is 11.3 Å². The highest BCUT2D eigenvalue weighted by atomic mass is 32.1. The molecule has 23 heavy (non-hydrogen) atoms. The predicted molar refractivity (Wildman–Crippen MR) is 101 cm³/mol. The Bertz CT molecular complexity index is 1030. The summed E-state index contributed by atoms with van der Waals surface area (Å²) in [5, 5.41) is 2.58. The SMILES string of the molecule is COc1c(-c2cccc(C)c2C)ccc2c1sc1ccccc12. The molecule has 2 heteroatoms. The van der Waals surface area contributed by atoms with Gasteiger partial charge in [0, 0.05) is 21.0 Å². The number of benzene rings is 3. The monoisotopic (exact) mass is 318 g/mol. The van der Waals surface area contributed by atoms with Crippen molar-refractivity contribution in [3.05, 3.63) is 65.7 Å². The van der Waals surface area contributed by atoms with Crippen molar-refractivity contribution >= 4 is 31.5 Å². The van der Waals surface area contributed by atoms with Crippen LogP contribution in [-0.4, -0.2) is 7.11 Å². The lowest BCUT2D eigenvalue weighted by atomic mass is 9.95. The van der Waals surface area contributed by atoms with Crippen molar-refractivity contribution in [3.63, 3.8) is 0 Å². The van der Waals surface area contributed by atoms with Crippen LogP contribution in [0.2, 0.25) is 0 Å². The summed E-state index contributed by atoms with van der Waals surface area (Å²) in [4.78, 5) is 0. The van der Waals surface area contributed by atoms with E-state index >= 15 is 0 Å². The molecule has 3 aromatic carbocycles. The zero-order valence-corrected chi connectivity index (χ0v) is 14.3. The molecule has 0 atom stereocenters. The molecule has 0 saturated carbocycles. The molecule has 4 aromatic rings. The highest BCUT2D eigenvalue weighted by Crippen LogP contribution is 2.44. The van der Waals surface area contributed by atoms with E-state index < -0.39 is 0 Å². The van der Waals surface area contributed by atoms with Crippen molar-refractivity contribution < 1.29 is 4.74 Å². The number of ether oxygens (including phenoxy) is 1. The van der Waals surface area contributed by atoms with Gasteiger partial charge in [-0.05, 0) is 42.7 Å². The number of rotatable bonds is 2. The van der Waals surface area contributed by atoms with E-state index in [9.17, 15) is 0 Å². The average molecular weight is 318 g/mol. The molecule has 0 aliphatic carbocycles. The molecule has 0 aliphatic heterocycles. The highest BCUT2D eigenvalue weighted by molar-refractivity contribution is 7.26. The Morgan fingerprint density at radius 3 is 2.43 bits per heavy atom. The van der Waals surface area contributed by atoms with E-state index in [1.807, 2.05) is 0 Å². The van der Waals surface area contributed by atoms with Crippen LogP contribution in [-0.2, 0) is 0 Å². The molecule has 0 saturated heterocycles. The average Bonchev–Trinajstić information content (AvgIpc) is 2.95. The molecule has 0 N–H and O–H groups in total. The minimum Gasteiger partial charge on any atom is -0.495 e. The summed E-state index contributed by atoms with van der Waals surface area (Å²) in [5.41, 5.74) is 5.04. The van der Waals surface area contributed by atoms with Crippen molar-refractivity contribution in [1.82, 2.24) is 0 Å². The fraction of sp³-hybridized carbons (Fsp3) is 0.143. The zero-order valence-electron chi connectivity index (χ0n) is 13.5. The maximum absolute atomic E-state index is 5.85. The van der Waals surface area contributed by atoms with Crippen molar-refractivity contribution in [2.75, 3.05) is 7.11 Å². The first-order valence-electron chi connectivity index (χ1n) is 7.75. The molecule has 1 heterocycles. The number of fused-ring (bicyclic) bond motifs is 3. The Morgan fingerprint density at radius 1 is 0.783 bits per heavy atom. The molecular weight excluding hydrogens is 300 g/mol. The molecular formula is C21H18OS. The lowest BCUT2D eigenvalue weighted by molar-refractivity contribution is 0.422. The third kappa shape index (κ3) is 2.13. The van der Waals surface area contributed by atoms with Gasteiger partial charge in [-0.3, -0.25) is 0 Å². The lowest BCUT2D eigenvalue weighted by Gasteiger charge is -2.13. The predicted octanol–water partition coefficient (Wildman–Crippen LogP) is 6.35. The summed E-state index contributed by atoms with van der Waals surface area (Å²) in [5.74, 6) is 0.984. The first-order chi connectivity index (χ1) is 11.2. The van der Waals surface area contributed by atoms with Crippen LogP contribution in [0.1, 0.15) is 11.1 Å². The van der Waals surface area contributed by atoms with Crippen LogP contribution in [0.4, 0.5) is 0 Å². The van der Waals surface area contributed by atoms with Crippen LogP contribution in [0, 0.1) is 13.8 Å². The minimum absolute atomic E-state index is 0.984. The van der Waals surface area contributed by atoms with Gasteiger partial charge in [-0.15, -0.1) is 11.3 Å². The molecule has 0 amide bonds. The third-order valence-corrected chi connectivity index (χ3v) is 5.79. The summed E-state index contributed by atoms with van der Waals surface area (Å²) in [6, 6.07) is 19.4. The van der Waals surface area contributed by atoms with Crippen LogP contribution in [0.25, 0.3) is 31.3 Å². The summed E-state index contributed by atoms with van der Waals surface area (Å²) in [6.07, 6.45) is 0. The molecule has 0 radical (unpaired) electrons. The fourth-order valence-electron chi connectivity index (χ4n) is 3.22. The number of hydrogen-bond donors (Lipinski definition) is 0. The van der Waals surface area contributed by atoms with Gasteiger partial charge in [-0.25, -0.2) is 0 Å². The Balaban J connectivity index is 2.08. The van der Waals surface area contributed by atoms with Crippen LogP contribution in [0.3, 0.4) is 0 Å². The first kappa shape index (κ1) is 14.3. The van der Waals surface area contributed by atoms with Gasteiger partial charge in [-0.2, -0.15) is 0 Å². The second-order valence-electron chi connectivity index (χ2n) is 5.87. The Labute approximate surface area is 140 Å². The van der Waals surface area contributed by atoms with Crippen molar-refractivity contribution in [3.8, 4) is 16.9 Å². The van der Waals surface area contributed by atoms with E-state index in [0.29, 0.717) is 0 Å². The minimum atomic E-state index is 0.984. The first-order valence-corrected chi connectivity index (χ1v) is 8.57. The van der Waals surface area contributed by atoms with Crippen LogP contribution < -0.4 is 4.74 Å². The number of hydrogen-bond acceptors (Lipinski definition) is 2. The quantitative estimate of drug-likeness (QED) is 0.418. The van der Waals surface area contributed by atoms with Crippen LogP contribution in [0.5, 0.6) is 5.75 Å². The molecule has 0 bridgehead atoms. The highest BCUT2D eigenvalue weighted by Gasteiger charge is 2.16. The van der Waals surface area contributed by atoms with Gasteiger partial charge in [0.05, 0.1) is 11.8 Å². The molecule has 0 aliphatic rings. The van der Waals surface area contributed by atoms with E-state index in [0.717, 1.165) is 5.75 Å². The van der Waals surface area contributed by atoms with Gasteiger partial charge in [0.15, 0.2) is 0 Å². The fourth-order valence-corrected chi connectivity index (χ4v) is 4.45. The third-order valence-electron chi connectivity index (χ3n) is 4.60. The molecule has 114 valence electrons. The lowest BCUT2D eigenvalue weighted by Crippen LogP contribution is -1.92. The van der Waals surface area contributed by atoms with E-state index in [2.05, 4.69) is 68.4 Å². The second kappa shape index (κ2) is 5.39. The molecule has 0 spiro atoms. The van der Waals surface area contributed by atoms with Gasteiger partial charge >= 0.3 is 0 Å². The van der Waals surface area contributed by atoms with Gasteiger partial charge in [0.25, 0.3) is 0 Å². The van der Waals surface area contributed by atoms with Crippen LogP contribution in [0.15, 0.2) is 54.6 Å². The number of methoxy groups -OCH3 is 1. The number of thiophene rings is 1. The maximum Gasteiger partial charge on any atom is 0.144 e. The maximum atomic E-state index is 5.85. The molecule has 0 unspecified atom stereocenters. The standard InChI is InChI=1S/C21H18OS/c1-13-7-6-9-15(14(13)2)17-11-12-18-16-8-4-5-10-19(16)23-21(18)20(17)22-3/h4-12H,1-3H3. The normalized spacial score (nSPS) is 11.3. The zero-order chi connectivity index (χ0) is 16.0. The van der Waals surface area contributed by atoms with E-state index in [1.165, 1.54) is 42.4 Å². The largest absolute Gasteiger partial charge is 0.495 e. The van der Waals surface area contributed by atoms with Crippen molar-refractivity contribution in [2.45, 2.75) is 13.8 Å². The van der Waals surface area contributed by atoms with Crippen molar-refractivity contribution in [1.29, 1.82) is 0 Å². The molecule has 0 fully saturated rings. The smallest absolute Gasteiger partial charge is 0.144 e. The van der Waals surface area contributed by atoms with Gasteiger partial charge in [-0.1, -0.05) is 42.5 Å². The topological polar surface area (TPSA) is 9.23 Å². The Hall–Kier alpha value is -2.32. The molecule has 1 aromatic heterocycles. The summed E-state index contributed by atoms with van der Waals surface area (Å²) >= 11 is 1.81. The molecule has 4 rings (SSSR count). The Morgan fingerprint density at radius 2 is 1.61 bits per heavy atom. The molecule has 1 nitrogen and oxygen atoms in total. The van der Waals surface area contributed by atoms with E-state index in [1.54, 1.807) is 18.4 Å². The van der Waals surface area contributed by atoms with E-state index in [4.69, 9.17) is 4.74 Å². The Kier molecular flexibility index (Phi) is 3.35. The van der Waals surface area contributed by atoms with Gasteiger partial charge in [0.2, 0.25) is 0 Å². The van der Waals surface area contributed by atoms with E-state index in [-0.39, 0.29) is 0 Å². The second-order valence-corrected chi connectivity index (χ2v) is 6.92. The summed E-state index contributed by atoms with van der Waals surface area (Å²) in [7, 11) is 1.77. The summed E-state index contributed by atoms with van der Waals surface area (Å²) < 4.78 is 8.38. The van der Waals surface area contributed by atoms with Gasteiger partial charge < -0.3 is 4.74 Å². The van der Waals surface area contributed by atoms with Gasteiger partial charge in [0.1, 0.15) is 5.75 Å². The summed E-state index contributed by atoms with van der Waals surface area (Å²) in [6.45, 7) is 4.34. The van der Waals surface area contributed by atoms with Crippen molar-refractivity contribution in [2.24, 2.45) is 0 Å². The number of aryl methyl sites for hydroxylation is 1.